The van der Waals surface area contributed by atoms with E-state index in [2.05, 4.69) is 13.8 Å². The van der Waals surface area contributed by atoms with Crippen LogP contribution in [0.5, 0.6) is 0 Å². The summed E-state index contributed by atoms with van der Waals surface area (Å²) in [6.07, 6.45) is -1.38. The molecule has 0 aliphatic rings. The number of halogens is 2. The van der Waals surface area contributed by atoms with Gasteiger partial charge >= 0.3 is 0 Å². The number of alkyl halides is 2. The quantitative estimate of drug-likeness (QED) is 0.588. The van der Waals surface area contributed by atoms with Crippen LogP contribution in [-0.2, 0) is 4.74 Å². The zero-order valence-corrected chi connectivity index (χ0v) is 10.2. The van der Waals surface area contributed by atoms with Crippen molar-refractivity contribution in [3.8, 4) is 0 Å². The van der Waals surface area contributed by atoms with Gasteiger partial charge in [-0.3, -0.25) is 4.90 Å². The van der Waals surface area contributed by atoms with Crippen molar-refractivity contribution in [2.24, 2.45) is 5.92 Å². The van der Waals surface area contributed by atoms with Crippen LogP contribution < -0.4 is 0 Å². The molecule has 0 aliphatic heterocycles. The van der Waals surface area contributed by atoms with Crippen molar-refractivity contribution in [3.05, 3.63) is 0 Å². The first-order chi connectivity index (χ1) is 7.56. The maximum Gasteiger partial charge on any atom is 0.251 e. The van der Waals surface area contributed by atoms with E-state index in [0.717, 1.165) is 6.42 Å². The Bertz CT molecular complexity index is 157. The third-order valence-corrected chi connectivity index (χ3v) is 2.20. The summed E-state index contributed by atoms with van der Waals surface area (Å²) < 4.78 is 29.6. The Kier molecular flexibility index (Phi) is 9.77. The van der Waals surface area contributed by atoms with E-state index in [9.17, 15) is 8.78 Å². The number of hydrogen-bond donors (Lipinski definition) is 1. The summed E-state index contributed by atoms with van der Waals surface area (Å²) in [4.78, 5) is 1.51. The molecule has 0 rings (SSSR count). The Morgan fingerprint density at radius 3 is 2.38 bits per heavy atom. The maximum atomic E-state index is 12.1. The standard InChI is InChI=1S/C11H23F2NO2/c1-10(2)3-7-16-8-5-14(4-6-15)9-11(12)13/h10-11,15H,3-9H2,1-2H3. The molecule has 0 radical (unpaired) electrons. The molecule has 5 heteroatoms. The molecule has 0 fully saturated rings. The third kappa shape index (κ3) is 10.3. The second-order valence-corrected chi connectivity index (χ2v) is 4.21. The Labute approximate surface area is 96.4 Å². The molecule has 0 bridgehead atoms. The minimum Gasteiger partial charge on any atom is -0.395 e. The molecule has 98 valence electrons. The summed E-state index contributed by atoms with van der Waals surface area (Å²) in [5.41, 5.74) is 0. The highest BCUT2D eigenvalue weighted by molar-refractivity contribution is 4.58. The zero-order valence-electron chi connectivity index (χ0n) is 10.2. The summed E-state index contributed by atoms with van der Waals surface area (Å²) in [6, 6.07) is 0. The second-order valence-electron chi connectivity index (χ2n) is 4.21. The third-order valence-electron chi connectivity index (χ3n) is 2.20. The lowest BCUT2D eigenvalue weighted by atomic mass is 10.1. The van der Waals surface area contributed by atoms with Crippen molar-refractivity contribution in [1.29, 1.82) is 0 Å². The summed E-state index contributed by atoms with van der Waals surface area (Å²) in [5.74, 6) is 0.592. The topological polar surface area (TPSA) is 32.7 Å². The van der Waals surface area contributed by atoms with Crippen molar-refractivity contribution in [1.82, 2.24) is 4.90 Å². The van der Waals surface area contributed by atoms with Gasteiger partial charge in [0.25, 0.3) is 6.43 Å². The Balaban J connectivity index is 3.51. The predicted octanol–water partition coefficient (Wildman–Crippen LogP) is 1.61. The van der Waals surface area contributed by atoms with Crippen LogP contribution in [0.2, 0.25) is 0 Å². The van der Waals surface area contributed by atoms with Crippen LogP contribution in [-0.4, -0.2) is 55.9 Å². The van der Waals surface area contributed by atoms with Crippen LogP contribution in [0.25, 0.3) is 0 Å². The average Bonchev–Trinajstić information content (AvgIpc) is 2.16. The molecule has 3 nitrogen and oxygen atoms in total. The van der Waals surface area contributed by atoms with Gasteiger partial charge in [0, 0.05) is 19.7 Å². The second kappa shape index (κ2) is 9.93. The van der Waals surface area contributed by atoms with Gasteiger partial charge in [-0.05, 0) is 12.3 Å². The van der Waals surface area contributed by atoms with Crippen LogP contribution >= 0.6 is 0 Å². The molecular formula is C11H23F2NO2. The van der Waals surface area contributed by atoms with E-state index in [4.69, 9.17) is 9.84 Å². The van der Waals surface area contributed by atoms with Gasteiger partial charge in [-0.2, -0.15) is 0 Å². The van der Waals surface area contributed by atoms with Crippen molar-refractivity contribution in [2.45, 2.75) is 26.7 Å². The normalized spacial score (nSPS) is 12.0. The molecule has 0 saturated carbocycles. The highest BCUT2D eigenvalue weighted by atomic mass is 19.3. The molecule has 0 aliphatic carbocycles. The highest BCUT2D eigenvalue weighted by Crippen LogP contribution is 2.00. The fraction of sp³-hybridized carbons (Fsp3) is 1.00. The number of hydrogen-bond acceptors (Lipinski definition) is 3. The van der Waals surface area contributed by atoms with E-state index in [1.54, 1.807) is 0 Å². The smallest absolute Gasteiger partial charge is 0.251 e. The van der Waals surface area contributed by atoms with Gasteiger partial charge < -0.3 is 9.84 Å². The Morgan fingerprint density at radius 1 is 1.19 bits per heavy atom. The lowest BCUT2D eigenvalue weighted by molar-refractivity contribution is 0.0493. The van der Waals surface area contributed by atoms with Gasteiger partial charge in [0.1, 0.15) is 0 Å². The van der Waals surface area contributed by atoms with Crippen LogP contribution in [0, 0.1) is 5.92 Å². The zero-order chi connectivity index (χ0) is 12.4. The Hall–Kier alpha value is -0.260. The van der Waals surface area contributed by atoms with Crippen molar-refractivity contribution < 1.29 is 18.6 Å². The molecule has 0 aromatic rings. The number of aliphatic hydroxyl groups excluding tert-OH is 1. The summed E-state index contributed by atoms with van der Waals surface area (Å²) >= 11 is 0. The van der Waals surface area contributed by atoms with Crippen LogP contribution in [0.4, 0.5) is 8.78 Å². The number of nitrogens with zero attached hydrogens (tertiary/aromatic N) is 1. The molecule has 0 aromatic heterocycles. The van der Waals surface area contributed by atoms with E-state index in [-0.39, 0.29) is 19.7 Å². The fourth-order valence-corrected chi connectivity index (χ4v) is 1.25. The van der Waals surface area contributed by atoms with Gasteiger partial charge in [0.05, 0.1) is 19.8 Å². The molecule has 0 aromatic carbocycles. The Morgan fingerprint density at radius 2 is 1.88 bits per heavy atom. The first-order valence-corrected chi connectivity index (χ1v) is 5.75. The van der Waals surface area contributed by atoms with Crippen LogP contribution in [0.1, 0.15) is 20.3 Å². The van der Waals surface area contributed by atoms with E-state index >= 15 is 0 Å². The lowest BCUT2D eigenvalue weighted by Gasteiger charge is -2.20. The number of rotatable bonds is 10. The molecule has 0 saturated heterocycles. The van der Waals surface area contributed by atoms with Gasteiger partial charge in [0.15, 0.2) is 0 Å². The van der Waals surface area contributed by atoms with E-state index in [1.807, 2.05) is 0 Å². The molecule has 1 N–H and O–H groups in total. The average molecular weight is 239 g/mol. The maximum absolute atomic E-state index is 12.1. The molecule has 0 atom stereocenters. The van der Waals surface area contributed by atoms with E-state index < -0.39 is 6.43 Å². The van der Waals surface area contributed by atoms with Crippen LogP contribution in [0.15, 0.2) is 0 Å². The summed E-state index contributed by atoms with van der Waals surface area (Å²) in [7, 11) is 0. The molecular weight excluding hydrogens is 216 g/mol. The number of ether oxygens (including phenoxy) is 1. The SMILES string of the molecule is CC(C)CCOCCN(CCO)CC(F)F. The van der Waals surface area contributed by atoms with Gasteiger partial charge in [0.2, 0.25) is 0 Å². The van der Waals surface area contributed by atoms with Gasteiger partial charge in [-0.15, -0.1) is 0 Å². The summed E-state index contributed by atoms with van der Waals surface area (Å²) in [5, 5.41) is 8.70. The van der Waals surface area contributed by atoms with Gasteiger partial charge in [-0.25, -0.2) is 8.78 Å². The monoisotopic (exact) mass is 239 g/mol. The first kappa shape index (κ1) is 15.7. The number of aliphatic hydroxyl groups is 1. The van der Waals surface area contributed by atoms with E-state index in [0.29, 0.717) is 25.7 Å². The molecule has 0 heterocycles. The minimum absolute atomic E-state index is 0.0985. The van der Waals surface area contributed by atoms with Gasteiger partial charge in [-0.1, -0.05) is 13.8 Å². The largest absolute Gasteiger partial charge is 0.395 e. The van der Waals surface area contributed by atoms with Crippen molar-refractivity contribution in [3.63, 3.8) is 0 Å². The van der Waals surface area contributed by atoms with Crippen LogP contribution in [0.3, 0.4) is 0 Å². The highest BCUT2D eigenvalue weighted by Gasteiger charge is 2.10. The lowest BCUT2D eigenvalue weighted by Crippen LogP contribution is -2.34. The predicted molar refractivity (Wildman–Crippen MR) is 59.8 cm³/mol. The molecule has 0 unspecified atom stereocenters. The summed E-state index contributed by atoms with van der Waals surface area (Å²) in [6.45, 7) is 5.66. The fourth-order valence-electron chi connectivity index (χ4n) is 1.25. The molecule has 0 spiro atoms. The minimum atomic E-state index is -2.36. The first-order valence-electron chi connectivity index (χ1n) is 5.75. The molecule has 16 heavy (non-hydrogen) atoms. The van der Waals surface area contributed by atoms with Crippen molar-refractivity contribution >= 4 is 0 Å². The van der Waals surface area contributed by atoms with E-state index in [1.165, 1.54) is 4.90 Å². The molecule has 0 amide bonds. The van der Waals surface area contributed by atoms with Crippen molar-refractivity contribution in [2.75, 3.05) is 39.5 Å².